The molecule has 1 N–H and O–H groups in total. The third kappa shape index (κ3) is 1.79. The second-order valence-electron chi connectivity index (χ2n) is 7.04. The van der Waals surface area contributed by atoms with Crippen molar-refractivity contribution in [2.45, 2.75) is 30.3 Å². The molecule has 1 unspecified atom stereocenters. The van der Waals surface area contributed by atoms with E-state index in [2.05, 4.69) is 0 Å². The normalized spacial score (nSPS) is 25.0. The molecule has 0 fully saturated rings. The highest BCUT2D eigenvalue weighted by Crippen LogP contribution is 2.62. The molecule has 1 atom stereocenters. The lowest BCUT2D eigenvalue weighted by atomic mass is 9.95. The molecule has 0 amide bonds. The van der Waals surface area contributed by atoms with Crippen LogP contribution in [-0.4, -0.2) is 15.6 Å². The molecule has 1 aromatic heterocycles. The van der Waals surface area contributed by atoms with E-state index in [1.165, 1.54) is 24.3 Å². The van der Waals surface area contributed by atoms with Crippen LogP contribution in [0.2, 0.25) is 0 Å². The van der Waals surface area contributed by atoms with Crippen molar-refractivity contribution in [2.24, 2.45) is 0 Å². The van der Waals surface area contributed by atoms with Crippen LogP contribution in [0.25, 0.3) is 16.6 Å². The topological polar surface area (TPSA) is 25.2 Å². The summed E-state index contributed by atoms with van der Waals surface area (Å²) in [5.74, 6) is -7.63. The predicted molar refractivity (Wildman–Crippen MR) is 84.3 cm³/mol. The Morgan fingerprint density at radius 3 is 2.54 bits per heavy atom. The Kier molecular flexibility index (Phi) is 2.71. The van der Waals surface area contributed by atoms with Gasteiger partial charge in [0, 0.05) is 34.8 Å². The number of nitrogens with zero attached hydrogens (tertiary/aromatic N) is 1. The second-order valence-corrected chi connectivity index (χ2v) is 7.04. The number of aromatic nitrogens is 1. The van der Waals surface area contributed by atoms with E-state index < -0.39 is 41.7 Å². The van der Waals surface area contributed by atoms with Crippen molar-refractivity contribution >= 4 is 10.9 Å². The Morgan fingerprint density at radius 1 is 1.00 bits per heavy atom. The first kappa shape index (κ1) is 15.8. The van der Waals surface area contributed by atoms with Gasteiger partial charge in [-0.25, -0.2) is 22.0 Å². The Bertz CT molecular complexity index is 1090. The molecule has 0 radical (unpaired) electrons. The van der Waals surface area contributed by atoms with Crippen LogP contribution < -0.4 is 0 Å². The molecule has 26 heavy (non-hydrogen) atoms. The lowest BCUT2D eigenvalue weighted by Crippen LogP contribution is -2.41. The summed E-state index contributed by atoms with van der Waals surface area (Å²) in [5, 5.41) is 10.9. The molecule has 0 spiro atoms. The summed E-state index contributed by atoms with van der Waals surface area (Å²) in [6, 6.07) is 8.21. The minimum atomic E-state index is -3.65. The first-order valence-corrected chi connectivity index (χ1v) is 8.05. The van der Waals surface area contributed by atoms with Crippen LogP contribution in [0.5, 0.6) is 0 Å². The van der Waals surface area contributed by atoms with Gasteiger partial charge < -0.3 is 9.67 Å². The fourth-order valence-corrected chi connectivity index (χ4v) is 4.28. The summed E-state index contributed by atoms with van der Waals surface area (Å²) in [4.78, 5) is 0. The molecule has 3 aromatic rings. The molecule has 2 aliphatic carbocycles. The average Bonchev–Trinajstić information content (AvgIpc) is 3.10. The zero-order valence-electron chi connectivity index (χ0n) is 13.2. The molecule has 5 rings (SSSR count). The van der Waals surface area contributed by atoms with Gasteiger partial charge in [0.15, 0.2) is 5.60 Å². The Balaban J connectivity index is 1.78. The molecule has 7 heteroatoms. The fourth-order valence-electron chi connectivity index (χ4n) is 4.28. The van der Waals surface area contributed by atoms with Gasteiger partial charge in [0.25, 0.3) is 11.8 Å². The lowest BCUT2D eigenvalue weighted by molar-refractivity contribution is -0.198. The van der Waals surface area contributed by atoms with Crippen molar-refractivity contribution in [3.05, 3.63) is 65.1 Å². The van der Waals surface area contributed by atoms with Crippen molar-refractivity contribution in [2.75, 3.05) is 0 Å². The Morgan fingerprint density at radius 2 is 1.77 bits per heavy atom. The fraction of sp³-hybridized carbons (Fsp3) is 0.263. The molecule has 2 nitrogen and oxygen atoms in total. The van der Waals surface area contributed by atoms with Crippen LogP contribution in [0, 0.1) is 5.82 Å². The lowest BCUT2D eigenvalue weighted by Gasteiger charge is -2.27. The summed E-state index contributed by atoms with van der Waals surface area (Å²) < 4.78 is 72.4. The zero-order chi connectivity index (χ0) is 18.5. The molecular weight excluding hydrogens is 353 g/mol. The van der Waals surface area contributed by atoms with Crippen molar-refractivity contribution in [1.29, 1.82) is 0 Å². The van der Waals surface area contributed by atoms with Crippen LogP contribution in [0.1, 0.15) is 23.1 Å². The summed E-state index contributed by atoms with van der Waals surface area (Å²) in [6.07, 6.45) is -0.537. The smallest absolute Gasteiger partial charge is 0.284 e. The van der Waals surface area contributed by atoms with Gasteiger partial charge in [-0.2, -0.15) is 0 Å². The van der Waals surface area contributed by atoms with E-state index in [9.17, 15) is 27.1 Å². The molecule has 0 bridgehead atoms. The van der Waals surface area contributed by atoms with Crippen molar-refractivity contribution < 1.29 is 27.1 Å². The van der Waals surface area contributed by atoms with Crippen molar-refractivity contribution in [3.63, 3.8) is 0 Å². The summed E-state index contributed by atoms with van der Waals surface area (Å²) in [7, 11) is 0. The maximum atomic E-state index is 14.4. The van der Waals surface area contributed by atoms with Crippen LogP contribution >= 0.6 is 0 Å². The highest BCUT2D eigenvalue weighted by molar-refractivity contribution is 5.82. The van der Waals surface area contributed by atoms with Crippen LogP contribution in [0.4, 0.5) is 22.0 Å². The highest BCUT2D eigenvalue weighted by atomic mass is 19.3. The first-order chi connectivity index (χ1) is 12.1. The maximum Gasteiger partial charge on any atom is 0.284 e. The minimum Gasteiger partial charge on any atom is -0.379 e. The van der Waals surface area contributed by atoms with Gasteiger partial charge in [0.1, 0.15) is 5.82 Å². The van der Waals surface area contributed by atoms with Gasteiger partial charge in [0.2, 0.25) is 0 Å². The maximum absolute atomic E-state index is 14.4. The number of benzene rings is 2. The largest absolute Gasteiger partial charge is 0.379 e. The molecular formula is C19H12F5NO. The van der Waals surface area contributed by atoms with Crippen LogP contribution in [0.3, 0.4) is 0 Å². The predicted octanol–water partition coefficient (Wildman–Crippen LogP) is 4.64. The van der Waals surface area contributed by atoms with E-state index in [0.717, 1.165) is 6.07 Å². The molecule has 0 aliphatic heterocycles. The monoisotopic (exact) mass is 365 g/mol. The van der Waals surface area contributed by atoms with E-state index in [0.29, 0.717) is 10.9 Å². The van der Waals surface area contributed by atoms with Gasteiger partial charge in [0.05, 0.1) is 11.9 Å². The van der Waals surface area contributed by atoms with Gasteiger partial charge >= 0.3 is 0 Å². The van der Waals surface area contributed by atoms with Gasteiger partial charge in [-0.1, -0.05) is 0 Å². The molecule has 2 aliphatic rings. The van der Waals surface area contributed by atoms with Crippen LogP contribution in [-0.2, 0) is 17.9 Å². The SMILES string of the molecule is OC12CC(F)(F)c3cc(-n4ccc5cc(F)ccc54)cc(c31)CC2(F)F. The number of hydrogen-bond donors (Lipinski definition) is 1. The highest BCUT2D eigenvalue weighted by Gasteiger charge is 2.69. The average molecular weight is 365 g/mol. The Labute approximate surface area is 144 Å². The standard InChI is InChI=1S/C19H12F5NO/c20-12-1-2-15-10(5-12)3-4-25(15)13-6-11-8-19(23,24)17(26)9-18(21,22)14(7-13)16(11)17/h1-7,26H,8-9H2. The van der Waals surface area contributed by atoms with Gasteiger partial charge in [-0.3, -0.25) is 0 Å². The molecule has 0 saturated carbocycles. The first-order valence-electron chi connectivity index (χ1n) is 8.05. The molecule has 134 valence electrons. The third-order valence-corrected chi connectivity index (χ3v) is 5.44. The third-order valence-electron chi connectivity index (χ3n) is 5.44. The van der Waals surface area contributed by atoms with Crippen LogP contribution in [0.15, 0.2) is 42.6 Å². The number of halogens is 5. The quantitative estimate of drug-likeness (QED) is 0.625. The number of alkyl halides is 4. The minimum absolute atomic E-state index is 0.0196. The number of hydrogen-bond acceptors (Lipinski definition) is 1. The zero-order valence-corrected chi connectivity index (χ0v) is 13.2. The van der Waals surface area contributed by atoms with Gasteiger partial charge in [-0.15, -0.1) is 0 Å². The number of rotatable bonds is 1. The molecule has 2 aromatic carbocycles. The van der Waals surface area contributed by atoms with E-state index >= 15 is 0 Å². The summed E-state index contributed by atoms with van der Waals surface area (Å²) in [6.45, 7) is 0. The van der Waals surface area contributed by atoms with E-state index in [4.69, 9.17) is 0 Å². The van der Waals surface area contributed by atoms with E-state index in [-0.39, 0.29) is 16.8 Å². The van der Waals surface area contributed by atoms with Crippen molar-refractivity contribution in [3.8, 4) is 5.69 Å². The number of fused-ring (bicyclic) bond motifs is 1. The van der Waals surface area contributed by atoms with E-state index in [1.807, 2.05) is 0 Å². The Hall–Kier alpha value is -2.41. The van der Waals surface area contributed by atoms with Crippen molar-refractivity contribution in [1.82, 2.24) is 4.57 Å². The van der Waals surface area contributed by atoms with Gasteiger partial charge in [-0.05, 0) is 42.0 Å². The molecule has 0 saturated heterocycles. The second kappa shape index (κ2) is 4.46. The number of aliphatic hydroxyl groups is 1. The summed E-state index contributed by atoms with van der Waals surface area (Å²) >= 11 is 0. The molecule has 1 heterocycles. The summed E-state index contributed by atoms with van der Waals surface area (Å²) in [5.41, 5.74) is -2.87. The van der Waals surface area contributed by atoms with E-state index in [1.54, 1.807) is 16.8 Å².